The van der Waals surface area contributed by atoms with Gasteiger partial charge < -0.3 is 0 Å². The Bertz CT molecular complexity index is 506. The summed E-state index contributed by atoms with van der Waals surface area (Å²) >= 11 is 0. The van der Waals surface area contributed by atoms with Gasteiger partial charge in [0, 0.05) is 5.56 Å². The average Bonchev–Trinajstić information content (AvgIpc) is 2.39. The molecule has 0 unspecified atom stereocenters. The number of rotatable bonds is 3. The number of carbonyl (C=O) groups excluding carboxylic acids is 1. The van der Waals surface area contributed by atoms with Crippen LogP contribution >= 0.6 is 0 Å². The molecule has 1 aliphatic rings. The van der Waals surface area contributed by atoms with E-state index in [4.69, 9.17) is 0 Å². The van der Waals surface area contributed by atoms with Gasteiger partial charge in [-0.25, -0.2) is 0 Å². The molecule has 0 bridgehead atoms. The summed E-state index contributed by atoms with van der Waals surface area (Å²) in [5, 5.41) is 0.153. The molecule has 2 rings (SSSR count). The summed E-state index contributed by atoms with van der Waals surface area (Å²) in [6.45, 7) is 9.36. The molecule has 0 amide bonds. The van der Waals surface area contributed by atoms with Crippen molar-refractivity contribution >= 4 is 13.9 Å². The number of carbonyl (C=O) groups is 1. The van der Waals surface area contributed by atoms with E-state index in [2.05, 4.69) is 50.9 Å². The Balaban J connectivity index is 2.19. The van der Waals surface area contributed by atoms with E-state index in [1.54, 1.807) is 0 Å². The Morgan fingerprint density at radius 1 is 1.05 bits per heavy atom. The van der Waals surface area contributed by atoms with Crippen molar-refractivity contribution in [3.63, 3.8) is 0 Å². The zero-order valence-electron chi connectivity index (χ0n) is 12.2. The second-order valence-electron chi connectivity index (χ2n) is 6.51. The molecule has 2 heteroatoms. The zero-order chi connectivity index (χ0) is 14.1. The fourth-order valence-electron chi connectivity index (χ4n) is 2.20. The van der Waals surface area contributed by atoms with E-state index in [1.807, 2.05) is 30.3 Å². The molecule has 1 aliphatic carbocycles. The van der Waals surface area contributed by atoms with Crippen LogP contribution in [0.25, 0.3) is 0 Å². The highest BCUT2D eigenvalue weighted by Gasteiger charge is 2.36. The number of hydrogen-bond donors (Lipinski definition) is 0. The molecule has 0 N–H and O–H groups in total. The molecule has 0 heterocycles. The molecule has 0 radical (unpaired) electrons. The van der Waals surface area contributed by atoms with Gasteiger partial charge in [-0.1, -0.05) is 81.2 Å². The van der Waals surface area contributed by atoms with Gasteiger partial charge in [0.25, 0.3) is 0 Å². The second kappa shape index (κ2) is 4.93. The van der Waals surface area contributed by atoms with Crippen molar-refractivity contribution in [2.75, 3.05) is 0 Å². The first-order valence-corrected chi connectivity index (χ1v) is 10.3. The average molecular weight is 270 g/mol. The van der Waals surface area contributed by atoms with E-state index in [-0.39, 0.29) is 16.7 Å². The van der Waals surface area contributed by atoms with Gasteiger partial charge in [-0.3, -0.25) is 4.79 Å². The van der Waals surface area contributed by atoms with E-state index < -0.39 is 8.07 Å². The lowest BCUT2D eigenvalue weighted by atomic mass is 9.90. The molecule has 19 heavy (non-hydrogen) atoms. The maximum absolute atomic E-state index is 12.4. The van der Waals surface area contributed by atoms with Crippen molar-refractivity contribution < 1.29 is 4.79 Å². The van der Waals surface area contributed by atoms with Gasteiger partial charge in [0.1, 0.15) is 0 Å². The summed E-state index contributed by atoms with van der Waals surface area (Å²) in [7, 11) is -1.31. The van der Waals surface area contributed by atoms with Gasteiger partial charge in [-0.2, -0.15) is 0 Å². The van der Waals surface area contributed by atoms with Crippen LogP contribution in [0, 0.1) is 5.92 Å². The van der Waals surface area contributed by atoms with Crippen LogP contribution < -0.4 is 0 Å². The van der Waals surface area contributed by atoms with Gasteiger partial charge in [0.2, 0.25) is 0 Å². The van der Waals surface area contributed by atoms with Crippen LogP contribution in [0.2, 0.25) is 24.7 Å². The minimum Gasteiger partial charge on any atom is -0.293 e. The minimum atomic E-state index is -1.31. The number of Topliss-reactive ketones (excluding diaryl/α,β-unsaturated/α-hetero) is 1. The van der Waals surface area contributed by atoms with Gasteiger partial charge in [-0.15, -0.1) is 0 Å². The quantitative estimate of drug-likeness (QED) is 0.441. The molecule has 0 aliphatic heterocycles. The van der Waals surface area contributed by atoms with Crippen LogP contribution in [0.3, 0.4) is 0 Å². The van der Waals surface area contributed by atoms with Crippen molar-refractivity contribution in [3.05, 3.63) is 60.2 Å². The zero-order valence-corrected chi connectivity index (χ0v) is 13.2. The molecule has 1 aromatic rings. The molecule has 0 fully saturated rings. The van der Waals surface area contributed by atoms with Crippen molar-refractivity contribution in [3.8, 4) is 0 Å². The Morgan fingerprint density at radius 3 is 2.05 bits per heavy atom. The Labute approximate surface area is 117 Å². The largest absolute Gasteiger partial charge is 0.293 e. The van der Waals surface area contributed by atoms with E-state index in [0.29, 0.717) is 0 Å². The molecular weight excluding hydrogens is 248 g/mol. The predicted molar refractivity (Wildman–Crippen MR) is 84.3 cm³/mol. The Morgan fingerprint density at radius 2 is 1.58 bits per heavy atom. The summed E-state index contributed by atoms with van der Waals surface area (Å²) in [5.74, 6) is 0.0811. The molecular formula is C17H22OSi. The van der Waals surface area contributed by atoms with Crippen molar-refractivity contribution in [2.24, 2.45) is 5.92 Å². The van der Waals surface area contributed by atoms with Crippen molar-refractivity contribution in [2.45, 2.75) is 31.6 Å². The molecule has 0 saturated carbocycles. The first-order chi connectivity index (χ1) is 8.83. The fourth-order valence-corrected chi connectivity index (χ4v) is 3.39. The maximum Gasteiger partial charge on any atom is 0.173 e. The SMILES string of the molecule is CC1([Si](C)(C)C)C=CC(C(=O)c2ccccc2)C=C1. The Kier molecular flexibility index (Phi) is 3.63. The summed E-state index contributed by atoms with van der Waals surface area (Å²) in [5.41, 5.74) is 0.790. The molecule has 0 spiro atoms. The van der Waals surface area contributed by atoms with E-state index in [9.17, 15) is 4.79 Å². The summed E-state index contributed by atoms with van der Waals surface area (Å²) < 4.78 is 0. The van der Waals surface area contributed by atoms with E-state index >= 15 is 0 Å². The summed E-state index contributed by atoms with van der Waals surface area (Å²) in [4.78, 5) is 12.4. The molecule has 0 aromatic heterocycles. The highest BCUT2D eigenvalue weighted by atomic mass is 28.3. The first kappa shape index (κ1) is 14.0. The standard InChI is InChI=1S/C17H22OSi/c1-17(19(2,3)4)12-10-15(11-13-17)16(18)14-8-6-5-7-9-14/h5-13,15H,1-4H3. The third-order valence-electron chi connectivity index (χ3n) is 4.28. The predicted octanol–water partition coefficient (Wildman–Crippen LogP) is 4.71. The summed E-state index contributed by atoms with van der Waals surface area (Å²) in [6, 6.07) is 9.53. The molecule has 1 nitrogen and oxygen atoms in total. The van der Waals surface area contributed by atoms with Crippen LogP contribution in [0.1, 0.15) is 17.3 Å². The number of hydrogen-bond acceptors (Lipinski definition) is 1. The van der Waals surface area contributed by atoms with Gasteiger partial charge in [-0.05, 0) is 5.04 Å². The van der Waals surface area contributed by atoms with Crippen LogP contribution in [0.5, 0.6) is 0 Å². The van der Waals surface area contributed by atoms with Gasteiger partial charge in [0.05, 0.1) is 14.0 Å². The monoisotopic (exact) mass is 270 g/mol. The lowest BCUT2D eigenvalue weighted by molar-refractivity contribution is 0.0964. The number of benzene rings is 1. The molecule has 100 valence electrons. The van der Waals surface area contributed by atoms with E-state index in [0.717, 1.165) is 5.56 Å². The third-order valence-corrected chi connectivity index (χ3v) is 7.84. The normalized spacial score (nSPS) is 26.4. The van der Waals surface area contributed by atoms with Crippen molar-refractivity contribution in [1.29, 1.82) is 0 Å². The van der Waals surface area contributed by atoms with Gasteiger partial charge >= 0.3 is 0 Å². The van der Waals surface area contributed by atoms with Crippen LogP contribution in [-0.4, -0.2) is 13.9 Å². The molecule has 0 atom stereocenters. The van der Waals surface area contributed by atoms with Crippen LogP contribution in [0.4, 0.5) is 0 Å². The minimum absolute atomic E-state index is 0.105. The number of allylic oxidation sites excluding steroid dienone is 4. The van der Waals surface area contributed by atoms with Crippen LogP contribution in [0.15, 0.2) is 54.6 Å². The summed E-state index contributed by atoms with van der Waals surface area (Å²) in [6.07, 6.45) is 8.64. The van der Waals surface area contributed by atoms with Crippen molar-refractivity contribution in [1.82, 2.24) is 0 Å². The molecule has 1 aromatic carbocycles. The van der Waals surface area contributed by atoms with E-state index in [1.165, 1.54) is 0 Å². The third kappa shape index (κ3) is 2.79. The maximum atomic E-state index is 12.4. The topological polar surface area (TPSA) is 17.1 Å². The highest BCUT2D eigenvalue weighted by molar-refractivity contribution is 6.80. The van der Waals surface area contributed by atoms with Gasteiger partial charge in [0.15, 0.2) is 5.78 Å². The Hall–Kier alpha value is -1.41. The van der Waals surface area contributed by atoms with Crippen LogP contribution in [-0.2, 0) is 0 Å². The molecule has 0 saturated heterocycles. The second-order valence-corrected chi connectivity index (χ2v) is 12.1. The smallest absolute Gasteiger partial charge is 0.173 e. The number of ketones is 1. The fraction of sp³-hybridized carbons (Fsp3) is 0.353. The lowest BCUT2D eigenvalue weighted by Gasteiger charge is -2.37. The lowest BCUT2D eigenvalue weighted by Crippen LogP contribution is -2.36. The first-order valence-electron chi connectivity index (χ1n) is 6.81. The highest BCUT2D eigenvalue weighted by Crippen LogP contribution is 2.43.